The molecule has 0 radical (unpaired) electrons. The Balaban J connectivity index is 1.07. The van der Waals surface area contributed by atoms with Crippen LogP contribution in [0.1, 0.15) is 47.6 Å². The highest BCUT2D eigenvalue weighted by atomic mass is 14.8. The van der Waals surface area contributed by atoms with E-state index in [9.17, 15) is 0 Å². The second-order valence-corrected chi connectivity index (χ2v) is 14.4. The van der Waals surface area contributed by atoms with E-state index < -0.39 is 0 Å². The quantitative estimate of drug-likeness (QED) is 0.114. The molecule has 1 unspecified atom stereocenters. The number of allylic oxidation sites excluding steroid dienone is 15. The highest BCUT2D eigenvalue weighted by molar-refractivity contribution is 6.14. The predicted molar refractivity (Wildman–Crippen MR) is 235 cm³/mol. The van der Waals surface area contributed by atoms with Gasteiger partial charge in [-0.3, -0.25) is 9.98 Å². The third-order valence-electron chi connectivity index (χ3n) is 10.9. The van der Waals surface area contributed by atoms with Gasteiger partial charge in [0.15, 0.2) is 0 Å². The highest BCUT2D eigenvalue weighted by Gasteiger charge is 2.21. The van der Waals surface area contributed by atoms with Crippen molar-refractivity contribution in [3.63, 3.8) is 0 Å². The lowest BCUT2D eigenvalue weighted by atomic mass is 9.86. The Morgan fingerprint density at radius 3 is 2.44 bits per heavy atom. The molecule has 2 heterocycles. The molecule has 3 aliphatic rings. The number of hydrogen-bond donors (Lipinski definition) is 0. The molecule has 5 aromatic carbocycles. The van der Waals surface area contributed by atoms with Crippen molar-refractivity contribution in [2.45, 2.75) is 26.2 Å². The minimum Gasteiger partial charge on any atom is -0.264 e. The molecule has 55 heavy (non-hydrogen) atoms. The van der Waals surface area contributed by atoms with Gasteiger partial charge < -0.3 is 0 Å². The smallest absolute Gasteiger partial charge is 0.0742 e. The molecule has 264 valence electrons. The van der Waals surface area contributed by atoms with E-state index in [2.05, 4.69) is 181 Å². The number of rotatable bonds is 8. The van der Waals surface area contributed by atoms with Gasteiger partial charge in [-0.25, -0.2) is 0 Å². The topological polar surface area (TPSA) is 25.2 Å². The zero-order valence-corrected chi connectivity index (χ0v) is 31.1. The van der Waals surface area contributed by atoms with Crippen LogP contribution in [0.4, 0.5) is 5.69 Å². The molecular formula is C53H42N2. The first-order valence-corrected chi connectivity index (χ1v) is 19.3. The molecule has 0 spiro atoms. The lowest BCUT2D eigenvalue weighted by Crippen LogP contribution is -2.04. The minimum atomic E-state index is 0.461. The van der Waals surface area contributed by atoms with Crippen LogP contribution in [0.25, 0.3) is 49.9 Å². The molecular weight excluding hydrogens is 665 g/mol. The third-order valence-corrected chi connectivity index (χ3v) is 10.9. The molecule has 0 amide bonds. The first-order valence-electron chi connectivity index (χ1n) is 19.3. The molecule has 2 heteroatoms. The maximum atomic E-state index is 5.35. The number of aromatic nitrogens is 1. The van der Waals surface area contributed by atoms with Gasteiger partial charge in [0.2, 0.25) is 0 Å². The van der Waals surface area contributed by atoms with Crippen LogP contribution in [-0.2, 0) is 6.42 Å². The maximum Gasteiger partial charge on any atom is 0.0742 e. The highest BCUT2D eigenvalue weighted by Crippen LogP contribution is 2.41. The summed E-state index contributed by atoms with van der Waals surface area (Å²) in [7, 11) is 0. The Bertz CT molecular complexity index is 2710. The van der Waals surface area contributed by atoms with Crippen molar-refractivity contribution in [2.75, 3.05) is 0 Å². The Morgan fingerprint density at radius 1 is 0.782 bits per heavy atom. The van der Waals surface area contributed by atoms with Crippen LogP contribution in [0.5, 0.6) is 0 Å². The van der Waals surface area contributed by atoms with Crippen molar-refractivity contribution in [3.8, 4) is 11.1 Å². The number of pyridine rings is 1. The van der Waals surface area contributed by atoms with E-state index in [1.807, 2.05) is 25.4 Å². The number of fused-ring (bicyclic) bond motifs is 4. The van der Waals surface area contributed by atoms with Crippen molar-refractivity contribution >= 4 is 50.2 Å². The normalized spacial score (nSPS) is 16.9. The van der Waals surface area contributed by atoms with E-state index in [0.717, 1.165) is 47.4 Å². The summed E-state index contributed by atoms with van der Waals surface area (Å²) in [6.07, 6.45) is 35.3. The lowest BCUT2D eigenvalue weighted by Gasteiger charge is -2.19. The Hall–Kier alpha value is -6.64. The number of nitrogens with zero attached hydrogens (tertiary/aromatic N) is 2. The molecule has 0 N–H and O–H groups in total. The average molecular weight is 707 g/mol. The van der Waals surface area contributed by atoms with E-state index in [4.69, 9.17) is 4.99 Å². The summed E-state index contributed by atoms with van der Waals surface area (Å²) in [4.78, 5) is 9.70. The fourth-order valence-electron chi connectivity index (χ4n) is 8.14. The second-order valence-electron chi connectivity index (χ2n) is 14.4. The van der Waals surface area contributed by atoms with Gasteiger partial charge in [-0.15, -0.1) is 0 Å². The summed E-state index contributed by atoms with van der Waals surface area (Å²) >= 11 is 0. The van der Waals surface area contributed by atoms with Crippen molar-refractivity contribution in [2.24, 2.45) is 10.9 Å². The van der Waals surface area contributed by atoms with Crippen molar-refractivity contribution < 1.29 is 0 Å². The van der Waals surface area contributed by atoms with Crippen molar-refractivity contribution in [1.29, 1.82) is 0 Å². The number of hydrogen-bond acceptors (Lipinski definition) is 2. The van der Waals surface area contributed by atoms with Crippen molar-refractivity contribution in [3.05, 3.63) is 222 Å². The molecule has 1 aromatic heterocycles. The minimum absolute atomic E-state index is 0.461. The second kappa shape index (κ2) is 15.4. The Morgan fingerprint density at radius 2 is 1.62 bits per heavy atom. The van der Waals surface area contributed by atoms with E-state index in [-0.39, 0.29) is 0 Å². The molecule has 2 aliphatic carbocycles. The maximum absolute atomic E-state index is 5.35. The average Bonchev–Trinajstić information content (AvgIpc) is 3.50. The van der Waals surface area contributed by atoms with Gasteiger partial charge in [-0.2, -0.15) is 0 Å². The van der Waals surface area contributed by atoms with Crippen LogP contribution in [0, 0.1) is 5.92 Å². The Labute approximate surface area is 324 Å². The van der Waals surface area contributed by atoms with Crippen LogP contribution < -0.4 is 0 Å². The molecule has 0 bridgehead atoms. The zero-order valence-electron chi connectivity index (χ0n) is 31.1. The summed E-state index contributed by atoms with van der Waals surface area (Å²) in [6, 6.07) is 37.6. The van der Waals surface area contributed by atoms with Crippen LogP contribution in [0.15, 0.2) is 199 Å². The van der Waals surface area contributed by atoms with Gasteiger partial charge >= 0.3 is 0 Å². The van der Waals surface area contributed by atoms with Gasteiger partial charge in [0, 0.05) is 30.3 Å². The molecule has 0 saturated heterocycles. The van der Waals surface area contributed by atoms with Crippen LogP contribution in [-0.4, -0.2) is 10.7 Å². The fourth-order valence-corrected chi connectivity index (χ4v) is 8.14. The number of benzene rings is 5. The standard InChI is InChI=1S/C53H42N2/c1-2-13-37(45-19-12-31-54-36-45)17-11-18-44-32-46(51-34-43-16-7-8-20-48(43)49-21-9-10-22-50(49)51)33-47-35-52(55-53(44)47)42-29-27-41(28-30-42)40-25-23-39(24-26-40)38-14-5-3-4-6-15-38/h2-14,16-23,25-34,36,39H,15,24,35H2,1H3/b13-2-,18-11+,37-17+. The molecule has 0 fully saturated rings. The van der Waals surface area contributed by atoms with E-state index >= 15 is 0 Å². The summed E-state index contributed by atoms with van der Waals surface area (Å²) in [5.41, 5.74) is 14.3. The Kier molecular flexibility index (Phi) is 9.55. The van der Waals surface area contributed by atoms with Crippen LogP contribution in [0.3, 0.4) is 0 Å². The third kappa shape index (κ3) is 7.07. The number of aliphatic imine (C=N–C) groups is 1. The largest absolute Gasteiger partial charge is 0.264 e. The first kappa shape index (κ1) is 34.1. The molecule has 6 aromatic rings. The SMILES string of the molecule is C\C=C/C(=C\C=C\c1cc(-c2cc3ccccc3c3ccccc23)cc2c1N=C(c1ccc(C3=CCC(C4=CC=CC=CC4)C=C3)cc1)C2)c1cccnc1. The summed E-state index contributed by atoms with van der Waals surface area (Å²) < 4.78 is 0. The van der Waals surface area contributed by atoms with E-state index in [0.29, 0.717) is 5.92 Å². The van der Waals surface area contributed by atoms with Gasteiger partial charge in [0.05, 0.1) is 11.4 Å². The molecule has 9 rings (SSSR count). The predicted octanol–water partition coefficient (Wildman–Crippen LogP) is 13.8. The van der Waals surface area contributed by atoms with Gasteiger partial charge in [0.25, 0.3) is 0 Å². The summed E-state index contributed by atoms with van der Waals surface area (Å²) in [5, 5.41) is 5.06. The van der Waals surface area contributed by atoms with Crippen LogP contribution in [0.2, 0.25) is 0 Å². The summed E-state index contributed by atoms with van der Waals surface area (Å²) in [6.45, 7) is 2.05. The fraction of sp³-hybridized carbons (Fsp3) is 0.0943. The van der Waals surface area contributed by atoms with Crippen molar-refractivity contribution in [1.82, 2.24) is 4.98 Å². The van der Waals surface area contributed by atoms with Gasteiger partial charge in [-0.05, 0) is 110 Å². The molecule has 1 atom stereocenters. The first-order chi connectivity index (χ1) is 27.2. The summed E-state index contributed by atoms with van der Waals surface area (Å²) in [5.74, 6) is 0.461. The molecule has 1 aliphatic heterocycles. The van der Waals surface area contributed by atoms with E-state index in [1.54, 1.807) is 0 Å². The monoisotopic (exact) mass is 706 g/mol. The molecule has 2 nitrogen and oxygen atoms in total. The molecule has 0 saturated carbocycles. The lowest BCUT2D eigenvalue weighted by molar-refractivity contribution is 0.749. The zero-order chi connectivity index (χ0) is 37.0. The van der Waals surface area contributed by atoms with Gasteiger partial charge in [0.1, 0.15) is 0 Å². The van der Waals surface area contributed by atoms with Crippen LogP contribution >= 0.6 is 0 Å². The van der Waals surface area contributed by atoms with E-state index in [1.165, 1.54) is 60.5 Å². The van der Waals surface area contributed by atoms with Gasteiger partial charge in [-0.1, -0.05) is 163 Å².